The van der Waals surface area contributed by atoms with Crippen molar-refractivity contribution >= 4 is 0 Å². The fourth-order valence-corrected chi connectivity index (χ4v) is 2.49. The molecule has 1 aromatic carbocycles. The zero-order valence-electron chi connectivity index (χ0n) is 11.8. The molecule has 0 aromatic heterocycles. The van der Waals surface area contributed by atoms with Crippen LogP contribution in [-0.4, -0.2) is 13.2 Å². The largest absolute Gasteiger partial charge is 0.494 e. The van der Waals surface area contributed by atoms with Crippen LogP contribution < -0.4 is 10.1 Å². The number of rotatable bonds is 7. The van der Waals surface area contributed by atoms with E-state index in [1.54, 1.807) is 0 Å². The Morgan fingerprint density at radius 3 is 2.72 bits per heavy atom. The van der Waals surface area contributed by atoms with Crippen molar-refractivity contribution in [3.8, 4) is 5.75 Å². The van der Waals surface area contributed by atoms with E-state index in [9.17, 15) is 0 Å². The third-order valence-electron chi connectivity index (χ3n) is 3.84. The van der Waals surface area contributed by atoms with Gasteiger partial charge in [-0.15, -0.1) is 0 Å². The number of hydrogen-bond acceptors (Lipinski definition) is 2. The summed E-state index contributed by atoms with van der Waals surface area (Å²) >= 11 is 0. The van der Waals surface area contributed by atoms with Gasteiger partial charge >= 0.3 is 0 Å². The summed E-state index contributed by atoms with van der Waals surface area (Å²) in [6.07, 6.45) is 3.83. The Labute approximate surface area is 111 Å². The van der Waals surface area contributed by atoms with Gasteiger partial charge in [0.1, 0.15) is 5.75 Å². The van der Waals surface area contributed by atoms with E-state index in [1.165, 1.54) is 24.8 Å². The summed E-state index contributed by atoms with van der Waals surface area (Å²) in [5.74, 6) is 0.988. The van der Waals surface area contributed by atoms with Crippen molar-refractivity contribution in [3.05, 3.63) is 29.8 Å². The Morgan fingerprint density at radius 2 is 2.11 bits per heavy atom. The molecule has 0 radical (unpaired) electrons. The number of nitrogens with one attached hydrogen (secondary N) is 1. The molecule has 1 saturated carbocycles. The van der Waals surface area contributed by atoms with E-state index in [2.05, 4.69) is 37.4 Å². The highest BCUT2D eigenvalue weighted by Crippen LogP contribution is 2.54. The molecule has 1 fully saturated rings. The Balaban J connectivity index is 2.16. The molecule has 100 valence electrons. The minimum absolute atomic E-state index is 0.444. The second kappa shape index (κ2) is 5.75. The van der Waals surface area contributed by atoms with Crippen molar-refractivity contribution in [2.45, 2.75) is 46.1 Å². The SMILES string of the molecule is CCCNC(c1cccc(OCC)c1)C1(C)CC1. The lowest BCUT2D eigenvalue weighted by molar-refractivity contribution is 0.335. The first-order chi connectivity index (χ1) is 8.69. The molecule has 0 aliphatic heterocycles. The van der Waals surface area contributed by atoms with Crippen LogP contribution in [0, 0.1) is 5.41 Å². The van der Waals surface area contributed by atoms with Crippen LogP contribution in [0.15, 0.2) is 24.3 Å². The molecular weight excluding hydrogens is 222 g/mol. The molecule has 1 N–H and O–H groups in total. The van der Waals surface area contributed by atoms with E-state index in [-0.39, 0.29) is 0 Å². The number of ether oxygens (including phenoxy) is 1. The monoisotopic (exact) mass is 247 g/mol. The molecule has 1 aliphatic rings. The lowest BCUT2D eigenvalue weighted by Gasteiger charge is -2.26. The van der Waals surface area contributed by atoms with Gasteiger partial charge in [0.15, 0.2) is 0 Å². The first-order valence-corrected chi connectivity index (χ1v) is 7.16. The van der Waals surface area contributed by atoms with E-state index in [4.69, 9.17) is 4.74 Å². The third-order valence-corrected chi connectivity index (χ3v) is 3.84. The summed E-state index contributed by atoms with van der Waals surface area (Å²) in [6, 6.07) is 9.03. The lowest BCUT2D eigenvalue weighted by Crippen LogP contribution is -2.28. The van der Waals surface area contributed by atoms with E-state index >= 15 is 0 Å². The zero-order valence-corrected chi connectivity index (χ0v) is 11.8. The fourth-order valence-electron chi connectivity index (χ4n) is 2.49. The highest BCUT2D eigenvalue weighted by molar-refractivity contribution is 5.32. The van der Waals surface area contributed by atoms with Crippen LogP contribution in [0.3, 0.4) is 0 Å². The molecular formula is C16H25NO. The average molecular weight is 247 g/mol. The van der Waals surface area contributed by atoms with Crippen molar-refractivity contribution in [3.63, 3.8) is 0 Å². The summed E-state index contributed by atoms with van der Waals surface area (Å²) in [5.41, 5.74) is 1.81. The van der Waals surface area contributed by atoms with Crippen molar-refractivity contribution < 1.29 is 4.74 Å². The third kappa shape index (κ3) is 3.05. The van der Waals surface area contributed by atoms with Crippen LogP contribution in [0.5, 0.6) is 5.75 Å². The van der Waals surface area contributed by atoms with Crippen molar-refractivity contribution in [2.24, 2.45) is 5.41 Å². The highest BCUT2D eigenvalue weighted by atomic mass is 16.5. The molecule has 0 heterocycles. The molecule has 1 aliphatic carbocycles. The Bertz CT molecular complexity index is 384. The Hall–Kier alpha value is -1.02. The minimum atomic E-state index is 0.444. The summed E-state index contributed by atoms with van der Waals surface area (Å²) in [7, 11) is 0. The first kappa shape index (κ1) is 13.4. The van der Waals surface area contributed by atoms with Gasteiger partial charge < -0.3 is 10.1 Å². The van der Waals surface area contributed by atoms with Crippen LogP contribution >= 0.6 is 0 Å². The lowest BCUT2D eigenvalue weighted by atomic mass is 9.91. The van der Waals surface area contributed by atoms with Crippen molar-refractivity contribution in [2.75, 3.05) is 13.2 Å². The fraction of sp³-hybridized carbons (Fsp3) is 0.625. The second-order valence-electron chi connectivity index (χ2n) is 5.55. The maximum atomic E-state index is 5.61. The summed E-state index contributed by atoms with van der Waals surface area (Å²) in [4.78, 5) is 0. The zero-order chi connectivity index (χ0) is 13.0. The molecule has 0 bridgehead atoms. The second-order valence-corrected chi connectivity index (χ2v) is 5.55. The van der Waals surface area contributed by atoms with Crippen LogP contribution in [0.25, 0.3) is 0 Å². The van der Waals surface area contributed by atoms with E-state index < -0.39 is 0 Å². The Kier molecular flexibility index (Phi) is 4.28. The summed E-state index contributed by atoms with van der Waals surface area (Å²) < 4.78 is 5.61. The number of benzene rings is 1. The normalized spacial score (nSPS) is 18.4. The molecule has 0 amide bonds. The van der Waals surface area contributed by atoms with Gasteiger partial charge in [0.2, 0.25) is 0 Å². The predicted molar refractivity (Wildman–Crippen MR) is 76.0 cm³/mol. The molecule has 2 nitrogen and oxygen atoms in total. The van der Waals surface area contributed by atoms with E-state index in [0.29, 0.717) is 11.5 Å². The summed E-state index contributed by atoms with van der Waals surface area (Å²) in [5, 5.41) is 3.70. The van der Waals surface area contributed by atoms with Gasteiger partial charge in [0, 0.05) is 6.04 Å². The minimum Gasteiger partial charge on any atom is -0.494 e. The van der Waals surface area contributed by atoms with Crippen molar-refractivity contribution in [1.82, 2.24) is 5.32 Å². The average Bonchev–Trinajstić information content (AvgIpc) is 3.10. The molecule has 0 saturated heterocycles. The Morgan fingerprint density at radius 1 is 1.33 bits per heavy atom. The van der Waals surface area contributed by atoms with Gasteiger partial charge in [-0.3, -0.25) is 0 Å². The molecule has 1 atom stereocenters. The van der Waals surface area contributed by atoms with E-state index in [1.807, 2.05) is 13.0 Å². The van der Waals surface area contributed by atoms with Gasteiger partial charge in [0.05, 0.1) is 6.61 Å². The summed E-state index contributed by atoms with van der Waals surface area (Å²) in [6.45, 7) is 8.44. The molecule has 1 aromatic rings. The van der Waals surface area contributed by atoms with Gasteiger partial charge in [-0.05, 0) is 55.8 Å². The molecule has 2 rings (SSSR count). The standard InChI is InChI=1S/C16H25NO/c1-4-11-17-15(16(3)9-10-16)13-7-6-8-14(12-13)18-5-2/h6-8,12,15,17H,4-5,9-11H2,1-3H3. The van der Waals surface area contributed by atoms with Gasteiger partial charge in [-0.1, -0.05) is 26.0 Å². The molecule has 1 unspecified atom stereocenters. The van der Waals surface area contributed by atoms with Crippen LogP contribution in [0.2, 0.25) is 0 Å². The van der Waals surface area contributed by atoms with Gasteiger partial charge in [-0.25, -0.2) is 0 Å². The topological polar surface area (TPSA) is 21.3 Å². The van der Waals surface area contributed by atoms with Crippen LogP contribution in [-0.2, 0) is 0 Å². The smallest absolute Gasteiger partial charge is 0.119 e. The van der Waals surface area contributed by atoms with Crippen molar-refractivity contribution in [1.29, 1.82) is 0 Å². The quantitative estimate of drug-likeness (QED) is 0.788. The maximum Gasteiger partial charge on any atom is 0.119 e. The van der Waals surface area contributed by atoms with Gasteiger partial charge in [-0.2, -0.15) is 0 Å². The molecule has 18 heavy (non-hydrogen) atoms. The van der Waals surface area contributed by atoms with Crippen LogP contribution in [0.1, 0.15) is 51.6 Å². The molecule has 0 spiro atoms. The van der Waals surface area contributed by atoms with Crippen LogP contribution in [0.4, 0.5) is 0 Å². The van der Waals surface area contributed by atoms with E-state index in [0.717, 1.165) is 18.9 Å². The predicted octanol–water partition coefficient (Wildman–Crippen LogP) is 3.93. The first-order valence-electron chi connectivity index (χ1n) is 7.16. The molecule has 2 heteroatoms. The number of hydrogen-bond donors (Lipinski definition) is 1. The maximum absolute atomic E-state index is 5.61. The highest BCUT2D eigenvalue weighted by Gasteiger charge is 2.45. The van der Waals surface area contributed by atoms with Gasteiger partial charge in [0.25, 0.3) is 0 Å².